The fraction of sp³-hybridized carbons (Fsp3) is 1.00. The molecule has 0 rings (SSSR count). The minimum atomic E-state index is 0. The molecule has 0 spiro atoms. The monoisotopic (exact) mass is 336 g/mol. The fourth-order valence-corrected chi connectivity index (χ4v) is 0.894. The third-order valence-corrected chi connectivity index (χ3v) is 1.79. The molecule has 0 aliphatic carbocycles. The Labute approximate surface area is 150 Å². The normalized spacial score (nSPS) is 8.00. The summed E-state index contributed by atoms with van der Waals surface area (Å²) in [5, 5.41) is 15.4. The average molecular weight is 336 g/mol. The topological polar surface area (TPSA) is 56.4 Å². The van der Waals surface area contributed by atoms with Crippen LogP contribution in [0.3, 0.4) is 0 Å². The summed E-state index contributed by atoms with van der Waals surface area (Å²) in [6.07, 6.45) is 4.71. The van der Waals surface area contributed by atoms with Crippen molar-refractivity contribution in [2.24, 2.45) is 0 Å². The molecule has 4 nitrogen and oxygen atoms in total. The van der Waals surface area contributed by atoms with Crippen molar-refractivity contribution in [1.29, 1.82) is 0 Å². The third-order valence-electron chi connectivity index (χ3n) is 1.79. The Hall–Kier alpha value is 0.554. The molecule has 0 aromatic rings. The van der Waals surface area contributed by atoms with E-state index in [-0.39, 0.29) is 21.7 Å². The first-order valence-electron chi connectivity index (χ1n) is 7.88. The van der Waals surface area contributed by atoms with Gasteiger partial charge in [0.1, 0.15) is 0 Å². The maximum Gasteiger partial charge on any atom is 4.00 e. The van der Waals surface area contributed by atoms with Crippen molar-refractivity contribution in [2.75, 3.05) is 54.4 Å². The van der Waals surface area contributed by atoms with E-state index in [0.29, 0.717) is 0 Å². The first-order valence-corrected chi connectivity index (χ1v) is 7.88. The largest absolute Gasteiger partial charge is 4.00 e. The van der Waals surface area contributed by atoms with Gasteiger partial charge in [-0.25, -0.2) is 0 Å². The van der Waals surface area contributed by atoms with Crippen molar-refractivity contribution in [3.05, 3.63) is 21.3 Å². The molecule has 0 saturated heterocycles. The van der Waals surface area contributed by atoms with Crippen LogP contribution in [-0.4, -0.2) is 54.4 Å². The van der Waals surface area contributed by atoms with Gasteiger partial charge in [-0.05, 0) is 0 Å². The molecule has 0 heterocycles. The number of hydrogen-bond acceptors (Lipinski definition) is 0. The Balaban J connectivity index is -0.0000000533. The Morgan fingerprint density at radius 1 is 0.429 bits per heavy atom. The molecule has 21 heavy (non-hydrogen) atoms. The van der Waals surface area contributed by atoms with Crippen LogP contribution in [-0.2, 0) is 21.7 Å². The van der Waals surface area contributed by atoms with E-state index in [1.165, 1.54) is 25.7 Å². The van der Waals surface area contributed by atoms with Gasteiger partial charge in [-0.2, -0.15) is 28.2 Å². The van der Waals surface area contributed by atoms with E-state index < -0.39 is 0 Å². The number of rotatable bonds is 8. The Bertz CT molecular complexity index is 74.3. The summed E-state index contributed by atoms with van der Waals surface area (Å²) >= 11 is 0. The zero-order chi connectivity index (χ0) is 16.5. The van der Waals surface area contributed by atoms with Crippen LogP contribution in [0.1, 0.15) is 53.4 Å². The van der Waals surface area contributed by atoms with E-state index in [9.17, 15) is 0 Å². The van der Waals surface area contributed by atoms with Gasteiger partial charge in [0, 0.05) is 0 Å². The van der Waals surface area contributed by atoms with Crippen molar-refractivity contribution >= 4 is 0 Å². The van der Waals surface area contributed by atoms with Gasteiger partial charge in [-0.3, -0.25) is 0 Å². The summed E-state index contributed by atoms with van der Waals surface area (Å²) in [4.78, 5) is 0. The van der Waals surface area contributed by atoms with Crippen LogP contribution in [0.4, 0.5) is 0 Å². The summed E-state index contributed by atoms with van der Waals surface area (Å²) in [6, 6.07) is 0. The van der Waals surface area contributed by atoms with Crippen molar-refractivity contribution in [1.82, 2.24) is 0 Å². The van der Waals surface area contributed by atoms with Crippen LogP contribution in [0.15, 0.2) is 0 Å². The summed E-state index contributed by atoms with van der Waals surface area (Å²) in [6.45, 7) is 12.5. The van der Waals surface area contributed by atoms with Gasteiger partial charge in [0.25, 0.3) is 0 Å². The van der Waals surface area contributed by atoms with E-state index >= 15 is 0 Å². The van der Waals surface area contributed by atoms with E-state index in [1.54, 1.807) is 0 Å². The van der Waals surface area contributed by atoms with Gasteiger partial charge in [-0.1, -0.05) is 53.4 Å². The second-order valence-electron chi connectivity index (χ2n) is 4.16. The van der Waals surface area contributed by atoms with Gasteiger partial charge in [-0.15, -0.1) is 26.2 Å². The molecule has 128 valence electrons. The maximum absolute atomic E-state index is 3.85. The first-order chi connectivity index (χ1) is 9.66. The van der Waals surface area contributed by atoms with Crippen LogP contribution in [0, 0.1) is 0 Å². The molecular formula is C16H40N4Ti. The molecule has 0 aliphatic rings. The van der Waals surface area contributed by atoms with Crippen LogP contribution >= 0.6 is 0 Å². The summed E-state index contributed by atoms with van der Waals surface area (Å²) in [5.74, 6) is 0. The van der Waals surface area contributed by atoms with Crippen molar-refractivity contribution in [2.45, 2.75) is 53.4 Å². The second-order valence-corrected chi connectivity index (χ2v) is 4.16. The van der Waals surface area contributed by atoms with Crippen LogP contribution in [0.5, 0.6) is 0 Å². The maximum atomic E-state index is 3.85. The molecule has 5 heteroatoms. The van der Waals surface area contributed by atoms with E-state index in [0.717, 1.165) is 26.2 Å². The summed E-state index contributed by atoms with van der Waals surface area (Å²) in [5.41, 5.74) is 0. The van der Waals surface area contributed by atoms with Gasteiger partial charge < -0.3 is 21.3 Å². The van der Waals surface area contributed by atoms with Crippen LogP contribution < -0.4 is 0 Å². The van der Waals surface area contributed by atoms with Crippen molar-refractivity contribution < 1.29 is 21.7 Å². The minimum absolute atomic E-state index is 0. The predicted octanol–water partition coefficient (Wildman–Crippen LogP) is 5.60. The molecular weight excluding hydrogens is 296 g/mol. The molecule has 0 fully saturated rings. The molecule has 0 atom stereocenters. The molecule has 0 aromatic heterocycles. The van der Waals surface area contributed by atoms with E-state index in [2.05, 4.69) is 49.0 Å². The Morgan fingerprint density at radius 2 is 0.571 bits per heavy atom. The fourth-order valence-electron chi connectivity index (χ4n) is 0.894. The van der Waals surface area contributed by atoms with Crippen LogP contribution in [0.2, 0.25) is 0 Å². The molecule has 0 aromatic carbocycles. The molecule has 0 amide bonds. The van der Waals surface area contributed by atoms with Gasteiger partial charge in [0.2, 0.25) is 0 Å². The Kier molecular flexibility index (Phi) is 78.9. The van der Waals surface area contributed by atoms with Crippen molar-refractivity contribution in [3.63, 3.8) is 0 Å². The molecule has 0 N–H and O–H groups in total. The zero-order valence-corrected chi connectivity index (χ0v) is 17.5. The zero-order valence-electron chi connectivity index (χ0n) is 15.9. The third kappa shape index (κ3) is 96.7. The molecule has 0 radical (unpaired) electrons. The van der Waals surface area contributed by atoms with Crippen LogP contribution in [0.25, 0.3) is 21.3 Å². The molecule has 0 unspecified atom stereocenters. The predicted molar refractivity (Wildman–Crippen MR) is 97.8 cm³/mol. The van der Waals surface area contributed by atoms with Gasteiger partial charge >= 0.3 is 21.7 Å². The van der Waals surface area contributed by atoms with Crippen molar-refractivity contribution in [3.8, 4) is 0 Å². The summed E-state index contributed by atoms with van der Waals surface area (Å²) < 4.78 is 0. The first kappa shape index (κ1) is 33.2. The number of nitrogens with zero attached hydrogens (tertiary/aromatic N) is 4. The summed E-state index contributed by atoms with van der Waals surface area (Å²) in [7, 11) is 7.35. The Morgan fingerprint density at radius 3 is 0.571 bits per heavy atom. The number of hydrogen-bond donors (Lipinski definition) is 0. The molecule has 0 aliphatic heterocycles. The standard InChI is InChI=1S/4C4H10N.Ti/c4*1-3-4-5-2;/h4*3-4H2,1-2H3;/q4*-1;+4. The van der Waals surface area contributed by atoms with Gasteiger partial charge in [0.15, 0.2) is 0 Å². The average Bonchev–Trinajstić information content (AvgIpc) is 2.44. The SMILES string of the molecule is CCC[N-]C.CCC[N-]C.CCC[N-]C.CCC[N-]C.[Ti+4]. The second kappa shape index (κ2) is 49.9. The van der Waals surface area contributed by atoms with E-state index in [4.69, 9.17) is 0 Å². The molecule has 0 saturated carbocycles. The quantitative estimate of drug-likeness (QED) is 0.518. The minimum Gasteiger partial charge on any atom is -0.665 e. The van der Waals surface area contributed by atoms with E-state index in [1.807, 2.05) is 28.2 Å². The smallest absolute Gasteiger partial charge is 0.665 e. The van der Waals surface area contributed by atoms with Gasteiger partial charge in [0.05, 0.1) is 0 Å². The molecule has 0 bridgehead atoms.